The zero-order valence-corrected chi connectivity index (χ0v) is 23.9. The van der Waals surface area contributed by atoms with E-state index in [-0.39, 0.29) is 42.9 Å². The smallest absolute Gasteiger partial charge is 0.227 e. The molecule has 1 aromatic heterocycles. The molecule has 2 N–H and O–H groups in total. The van der Waals surface area contributed by atoms with Crippen LogP contribution in [-0.2, 0) is 27.3 Å². The fourth-order valence-corrected chi connectivity index (χ4v) is 5.20. The SMILES string of the molecule is C[C@@H]1CN([C@H](C)CO)C(=O)Cc2cc(NC(=O)CCN3CCOCC3)ccc2O[C@H]1CN(C)Cc1ccncc1. The highest BCUT2D eigenvalue weighted by Gasteiger charge is 2.31. The molecule has 2 aliphatic rings. The molecule has 0 bridgehead atoms. The lowest BCUT2D eigenvalue weighted by molar-refractivity contribution is -0.134. The van der Waals surface area contributed by atoms with E-state index in [4.69, 9.17) is 9.47 Å². The Morgan fingerprint density at radius 3 is 2.70 bits per heavy atom. The summed E-state index contributed by atoms with van der Waals surface area (Å²) in [5.41, 5.74) is 2.53. The van der Waals surface area contributed by atoms with Crippen LogP contribution in [-0.4, -0.2) is 108 Å². The molecule has 1 aromatic carbocycles. The predicted molar refractivity (Wildman–Crippen MR) is 153 cm³/mol. The summed E-state index contributed by atoms with van der Waals surface area (Å²) < 4.78 is 12.0. The monoisotopic (exact) mass is 553 g/mol. The molecule has 2 aliphatic heterocycles. The van der Waals surface area contributed by atoms with Crippen molar-refractivity contribution < 1.29 is 24.2 Å². The maximum atomic E-state index is 13.4. The summed E-state index contributed by atoms with van der Waals surface area (Å²) >= 11 is 0. The Hall–Kier alpha value is -3.05. The van der Waals surface area contributed by atoms with E-state index in [0.717, 1.165) is 30.8 Å². The number of pyridine rings is 1. The van der Waals surface area contributed by atoms with Crippen LogP contribution >= 0.6 is 0 Å². The van der Waals surface area contributed by atoms with Crippen LogP contribution in [0.5, 0.6) is 5.75 Å². The van der Waals surface area contributed by atoms with Crippen LogP contribution in [0.25, 0.3) is 0 Å². The summed E-state index contributed by atoms with van der Waals surface area (Å²) in [6, 6.07) is 9.22. The molecule has 0 unspecified atom stereocenters. The lowest BCUT2D eigenvalue weighted by Crippen LogP contribution is -2.47. The second kappa shape index (κ2) is 14.5. The Bertz CT molecular complexity index is 1110. The molecular weight excluding hydrogens is 510 g/mol. The Balaban J connectivity index is 1.50. The standard InChI is InChI=1S/C30H43N5O5/c1-22-18-35(23(2)21-36)30(38)17-25-16-26(32-29(37)8-11-34-12-14-39-15-13-34)4-5-27(25)40-28(22)20-33(3)19-24-6-9-31-10-7-24/h4-7,9-10,16,22-23,28,36H,8,11-15,17-21H2,1-3H3,(H,32,37)/t22-,23-,28+/m1/s1. The number of fused-ring (bicyclic) bond motifs is 1. The lowest BCUT2D eigenvalue weighted by Gasteiger charge is -2.34. The van der Waals surface area contributed by atoms with E-state index >= 15 is 0 Å². The van der Waals surface area contributed by atoms with E-state index in [1.54, 1.807) is 17.3 Å². The fraction of sp³-hybridized carbons (Fsp3) is 0.567. The van der Waals surface area contributed by atoms with E-state index in [0.29, 0.717) is 50.7 Å². The molecule has 3 atom stereocenters. The van der Waals surface area contributed by atoms with E-state index in [2.05, 4.69) is 34.1 Å². The number of hydrogen-bond donors (Lipinski definition) is 2. The number of likely N-dealkylation sites (N-methyl/N-ethyl adjacent to an activating group) is 1. The van der Waals surface area contributed by atoms with Crippen molar-refractivity contribution >= 4 is 17.5 Å². The molecule has 0 radical (unpaired) electrons. The minimum Gasteiger partial charge on any atom is -0.488 e. The summed E-state index contributed by atoms with van der Waals surface area (Å²) in [7, 11) is 2.05. The maximum absolute atomic E-state index is 13.4. The van der Waals surface area contributed by atoms with E-state index in [1.165, 1.54) is 0 Å². The largest absolute Gasteiger partial charge is 0.488 e. The van der Waals surface area contributed by atoms with Crippen molar-refractivity contribution in [3.8, 4) is 5.75 Å². The molecule has 10 nitrogen and oxygen atoms in total. The van der Waals surface area contributed by atoms with Gasteiger partial charge in [0.2, 0.25) is 11.8 Å². The molecule has 0 spiro atoms. The van der Waals surface area contributed by atoms with Crippen LogP contribution in [0.4, 0.5) is 5.69 Å². The first-order valence-electron chi connectivity index (χ1n) is 14.2. The summed E-state index contributed by atoms with van der Waals surface area (Å²) in [6.07, 6.45) is 3.90. The average molecular weight is 554 g/mol. The second-order valence-corrected chi connectivity index (χ2v) is 11.0. The Labute approximate surface area is 237 Å². The number of anilines is 1. The normalized spacial score (nSPS) is 21.1. The quantitative estimate of drug-likeness (QED) is 0.460. The number of carbonyl (C=O) groups excluding carboxylic acids is 2. The van der Waals surface area contributed by atoms with Gasteiger partial charge in [-0.15, -0.1) is 0 Å². The van der Waals surface area contributed by atoms with E-state index < -0.39 is 0 Å². The molecule has 1 saturated heterocycles. The van der Waals surface area contributed by atoms with Gasteiger partial charge in [0.05, 0.1) is 32.3 Å². The predicted octanol–water partition coefficient (Wildman–Crippen LogP) is 2.02. The zero-order chi connectivity index (χ0) is 28.5. The molecule has 218 valence electrons. The number of ether oxygens (including phenoxy) is 2. The third-order valence-electron chi connectivity index (χ3n) is 7.65. The highest BCUT2D eigenvalue weighted by atomic mass is 16.5. The van der Waals surface area contributed by atoms with Crippen molar-refractivity contribution in [3.63, 3.8) is 0 Å². The lowest BCUT2D eigenvalue weighted by atomic mass is 10.0. The summed E-state index contributed by atoms with van der Waals surface area (Å²) in [6.45, 7) is 9.47. The topological polar surface area (TPSA) is 107 Å². The van der Waals surface area contributed by atoms with Gasteiger partial charge in [-0.05, 0) is 49.9 Å². The second-order valence-electron chi connectivity index (χ2n) is 11.0. The zero-order valence-electron chi connectivity index (χ0n) is 23.9. The van der Waals surface area contributed by atoms with Crippen LogP contribution in [0, 0.1) is 5.92 Å². The number of carbonyl (C=O) groups is 2. The van der Waals surface area contributed by atoms with Gasteiger partial charge in [0.1, 0.15) is 11.9 Å². The van der Waals surface area contributed by atoms with Crippen LogP contribution in [0.3, 0.4) is 0 Å². The molecule has 3 heterocycles. The number of hydrogen-bond acceptors (Lipinski definition) is 8. The minimum atomic E-state index is -0.310. The molecule has 0 saturated carbocycles. The number of aliphatic hydroxyl groups excluding tert-OH is 1. The van der Waals surface area contributed by atoms with Gasteiger partial charge >= 0.3 is 0 Å². The summed E-state index contributed by atoms with van der Waals surface area (Å²) in [5, 5.41) is 12.9. The van der Waals surface area contributed by atoms with Crippen LogP contribution in [0.15, 0.2) is 42.7 Å². The van der Waals surface area contributed by atoms with Crippen molar-refractivity contribution in [2.45, 2.75) is 45.4 Å². The third-order valence-corrected chi connectivity index (χ3v) is 7.65. The first-order chi connectivity index (χ1) is 19.3. The first kappa shape index (κ1) is 29.9. The van der Waals surface area contributed by atoms with Gasteiger partial charge in [0, 0.05) is 75.3 Å². The van der Waals surface area contributed by atoms with Gasteiger partial charge in [-0.3, -0.25) is 24.4 Å². The number of benzene rings is 1. The minimum absolute atomic E-state index is 0.0170. The number of aromatic nitrogens is 1. The molecule has 4 rings (SSSR count). The average Bonchev–Trinajstić information content (AvgIpc) is 3.00. The first-order valence-corrected chi connectivity index (χ1v) is 14.2. The maximum Gasteiger partial charge on any atom is 0.227 e. The van der Waals surface area contributed by atoms with Crippen LogP contribution in [0.1, 0.15) is 31.4 Å². The highest BCUT2D eigenvalue weighted by molar-refractivity contribution is 5.91. The number of amides is 2. The highest BCUT2D eigenvalue weighted by Crippen LogP contribution is 2.29. The summed E-state index contributed by atoms with van der Waals surface area (Å²) in [5.74, 6) is 0.525. The van der Waals surface area contributed by atoms with Crippen LogP contribution < -0.4 is 10.1 Å². The Morgan fingerprint density at radius 2 is 1.98 bits per heavy atom. The molecule has 0 aliphatic carbocycles. The number of morpholine rings is 1. The van der Waals surface area contributed by atoms with Gasteiger partial charge in [0.25, 0.3) is 0 Å². The van der Waals surface area contributed by atoms with Gasteiger partial charge < -0.3 is 24.8 Å². The van der Waals surface area contributed by atoms with Crippen molar-refractivity contribution in [1.29, 1.82) is 0 Å². The third kappa shape index (κ3) is 8.47. The Morgan fingerprint density at radius 1 is 1.23 bits per heavy atom. The van der Waals surface area contributed by atoms with Crippen molar-refractivity contribution in [1.82, 2.24) is 19.7 Å². The molecule has 40 heavy (non-hydrogen) atoms. The van der Waals surface area contributed by atoms with E-state index in [9.17, 15) is 14.7 Å². The molecule has 1 fully saturated rings. The summed E-state index contributed by atoms with van der Waals surface area (Å²) in [4.78, 5) is 36.4. The number of nitrogens with one attached hydrogen (secondary N) is 1. The van der Waals surface area contributed by atoms with Crippen LogP contribution in [0.2, 0.25) is 0 Å². The number of rotatable bonds is 10. The van der Waals surface area contributed by atoms with Gasteiger partial charge in [0.15, 0.2) is 0 Å². The van der Waals surface area contributed by atoms with Crippen molar-refractivity contribution in [3.05, 3.63) is 53.9 Å². The van der Waals surface area contributed by atoms with Crippen molar-refractivity contribution in [2.24, 2.45) is 5.92 Å². The fourth-order valence-electron chi connectivity index (χ4n) is 5.20. The number of nitrogens with zero attached hydrogens (tertiary/aromatic N) is 4. The molecule has 2 amide bonds. The van der Waals surface area contributed by atoms with E-state index in [1.807, 2.05) is 37.3 Å². The van der Waals surface area contributed by atoms with Gasteiger partial charge in [-0.1, -0.05) is 6.92 Å². The Kier molecular flexibility index (Phi) is 10.9. The van der Waals surface area contributed by atoms with Gasteiger partial charge in [-0.2, -0.15) is 0 Å². The van der Waals surface area contributed by atoms with Gasteiger partial charge in [-0.25, -0.2) is 0 Å². The molecule has 2 aromatic rings. The van der Waals surface area contributed by atoms with Crippen molar-refractivity contribution in [2.75, 3.05) is 64.9 Å². The number of aliphatic hydroxyl groups is 1. The molecular formula is C30H43N5O5. The molecule has 10 heteroatoms.